The molecule has 3 nitrogen and oxygen atoms in total. The minimum absolute atomic E-state index is 0.00979. The molecule has 0 aliphatic carbocycles. The Morgan fingerprint density at radius 1 is 0.912 bits per heavy atom. The molecule has 1 heterocycles. The number of benzene rings is 3. The molecular formula is C31H35NO2. The van der Waals surface area contributed by atoms with E-state index in [4.69, 9.17) is 4.74 Å². The molecule has 3 heteroatoms. The van der Waals surface area contributed by atoms with Crippen LogP contribution >= 0.6 is 0 Å². The van der Waals surface area contributed by atoms with Crippen molar-refractivity contribution in [2.45, 2.75) is 38.3 Å². The van der Waals surface area contributed by atoms with E-state index >= 15 is 0 Å². The van der Waals surface area contributed by atoms with Crippen molar-refractivity contribution in [3.63, 3.8) is 0 Å². The van der Waals surface area contributed by atoms with E-state index in [1.54, 1.807) is 0 Å². The fraction of sp³-hybridized carbons (Fsp3) is 0.323. The quantitative estimate of drug-likeness (QED) is 0.261. The molecule has 4 rings (SSSR count). The number of carbonyl (C=O) groups is 1. The number of nitrogens with zero attached hydrogens (tertiary/aromatic N) is 1. The lowest BCUT2D eigenvalue weighted by Crippen LogP contribution is -2.42. The molecule has 1 fully saturated rings. The second-order valence-corrected chi connectivity index (χ2v) is 9.59. The van der Waals surface area contributed by atoms with E-state index in [1.807, 2.05) is 29.2 Å². The van der Waals surface area contributed by atoms with Gasteiger partial charge in [0, 0.05) is 12.5 Å². The maximum atomic E-state index is 13.2. The van der Waals surface area contributed by atoms with Gasteiger partial charge in [-0.3, -0.25) is 4.79 Å². The number of likely N-dealkylation sites (tertiary alicyclic amines) is 1. The van der Waals surface area contributed by atoms with Crippen LogP contribution in [0.2, 0.25) is 0 Å². The van der Waals surface area contributed by atoms with Gasteiger partial charge in [0.05, 0.1) is 12.6 Å². The van der Waals surface area contributed by atoms with E-state index < -0.39 is 5.60 Å². The Balaban J connectivity index is 1.76. The predicted molar refractivity (Wildman–Crippen MR) is 138 cm³/mol. The van der Waals surface area contributed by atoms with Gasteiger partial charge in [0.1, 0.15) is 5.60 Å². The van der Waals surface area contributed by atoms with Crippen molar-refractivity contribution in [2.75, 3.05) is 13.2 Å². The zero-order valence-electron chi connectivity index (χ0n) is 20.3. The zero-order valence-corrected chi connectivity index (χ0v) is 20.3. The topological polar surface area (TPSA) is 29.5 Å². The molecular weight excluding hydrogens is 418 g/mol. The van der Waals surface area contributed by atoms with Crippen molar-refractivity contribution in [2.24, 2.45) is 11.8 Å². The lowest BCUT2D eigenvalue weighted by atomic mass is 9.80. The van der Waals surface area contributed by atoms with Crippen LogP contribution in [-0.4, -0.2) is 30.0 Å². The largest absolute Gasteiger partial charge is 0.359 e. The monoisotopic (exact) mass is 453 g/mol. The molecule has 0 N–H and O–H groups in total. The summed E-state index contributed by atoms with van der Waals surface area (Å²) in [6.07, 6.45) is 3.37. The van der Waals surface area contributed by atoms with Crippen LogP contribution < -0.4 is 0 Å². The summed E-state index contributed by atoms with van der Waals surface area (Å²) < 4.78 is 7.04. The first-order chi connectivity index (χ1) is 16.6. The number of ether oxygens (including phenoxy) is 1. The molecule has 0 aromatic heterocycles. The minimum Gasteiger partial charge on any atom is -0.359 e. The molecule has 0 spiro atoms. The Kier molecular flexibility index (Phi) is 7.64. The third kappa shape index (κ3) is 4.85. The van der Waals surface area contributed by atoms with Crippen LogP contribution in [0.3, 0.4) is 0 Å². The Bertz CT molecular complexity index is 966. The Morgan fingerprint density at radius 3 is 1.79 bits per heavy atom. The second-order valence-electron chi connectivity index (χ2n) is 9.59. The summed E-state index contributed by atoms with van der Waals surface area (Å²) in [7, 11) is 0. The molecule has 1 saturated heterocycles. The minimum atomic E-state index is -0.771. The van der Waals surface area contributed by atoms with Gasteiger partial charge in [-0.15, -0.1) is 6.58 Å². The molecule has 34 heavy (non-hydrogen) atoms. The smallest absolute Gasteiger partial charge is 0.226 e. The summed E-state index contributed by atoms with van der Waals surface area (Å²) in [6, 6.07) is 31.3. The summed E-state index contributed by atoms with van der Waals surface area (Å²) in [6.45, 7) is 9.40. The van der Waals surface area contributed by atoms with Gasteiger partial charge in [-0.25, -0.2) is 0 Å². The number of rotatable bonds is 10. The summed E-state index contributed by atoms with van der Waals surface area (Å²) in [5.41, 5.74) is 2.46. The van der Waals surface area contributed by atoms with Crippen molar-refractivity contribution in [3.05, 3.63) is 120 Å². The highest BCUT2D eigenvalue weighted by Crippen LogP contribution is 2.41. The lowest BCUT2D eigenvalue weighted by molar-refractivity contribution is -0.133. The van der Waals surface area contributed by atoms with Crippen LogP contribution in [0.15, 0.2) is 104 Å². The first-order valence-corrected chi connectivity index (χ1v) is 12.3. The summed E-state index contributed by atoms with van der Waals surface area (Å²) in [5.74, 6) is 0.618. The molecule has 176 valence electrons. The highest BCUT2D eigenvalue weighted by molar-refractivity contribution is 5.81. The normalized spacial score (nSPS) is 18.4. The molecule has 0 saturated carbocycles. The van der Waals surface area contributed by atoms with Gasteiger partial charge < -0.3 is 9.64 Å². The van der Waals surface area contributed by atoms with E-state index in [-0.39, 0.29) is 17.9 Å². The maximum absolute atomic E-state index is 13.2. The fourth-order valence-electron chi connectivity index (χ4n) is 5.15. The van der Waals surface area contributed by atoms with E-state index in [9.17, 15) is 4.79 Å². The van der Waals surface area contributed by atoms with Crippen LogP contribution in [0.25, 0.3) is 0 Å². The van der Waals surface area contributed by atoms with Crippen LogP contribution in [-0.2, 0) is 15.1 Å². The summed E-state index contributed by atoms with van der Waals surface area (Å²) in [5, 5.41) is 0. The van der Waals surface area contributed by atoms with E-state index in [0.29, 0.717) is 18.9 Å². The average Bonchev–Trinajstić information content (AvgIpc) is 3.15. The van der Waals surface area contributed by atoms with Gasteiger partial charge in [-0.05, 0) is 35.4 Å². The van der Waals surface area contributed by atoms with Crippen LogP contribution in [0, 0.1) is 11.8 Å². The molecule has 3 aromatic rings. The Morgan fingerprint density at radius 2 is 1.38 bits per heavy atom. The van der Waals surface area contributed by atoms with Gasteiger partial charge in [-0.1, -0.05) is 111 Å². The summed E-state index contributed by atoms with van der Waals surface area (Å²) >= 11 is 0. The van der Waals surface area contributed by atoms with E-state index in [0.717, 1.165) is 29.7 Å². The highest BCUT2D eigenvalue weighted by atomic mass is 16.5. The first-order valence-electron chi connectivity index (χ1n) is 12.3. The third-order valence-electron chi connectivity index (χ3n) is 6.68. The highest BCUT2D eigenvalue weighted by Gasteiger charge is 2.43. The number of carbonyl (C=O) groups excluding carboxylic acids is 1. The molecule has 3 aromatic carbocycles. The number of allylic oxidation sites excluding steroid dienone is 1. The molecule has 1 amide bonds. The van der Waals surface area contributed by atoms with E-state index in [1.165, 1.54) is 0 Å². The van der Waals surface area contributed by atoms with Crippen LogP contribution in [0.5, 0.6) is 0 Å². The van der Waals surface area contributed by atoms with Gasteiger partial charge >= 0.3 is 0 Å². The third-order valence-corrected chi connectivity index (χ3v) is 6.68. The van der Waals surface area contributed by atoms with Crippen molar-refractivity contribution < 1.29 is 9.53 Å². The zero-order chi connectivity index (χ0) is 24.0. The predicted octanol–water partition coefficient (Wildman–Crippen LogP) is 6.44. The van der Waals surface area contributed by atoms with Crippen molar-refractivity contribution in [1.82, 2.24) is 4.90 Å². The molecule has 1 aliphatic heterocycles. The number of amides is 1. The Hall–Kier alpha value is -3.17. The van der Waals surface area contributed by atoms with E-state index in [2.05, 4.69) is 93.2 Å². The van der Waals surface area contributed by atoms with Gasteiger partial charge in [0.15, 0.2) is 0 Å². The summed E-state index contributed by atoms with van der Waals surface area (Å²) in [4.78, 5) is 15.2. The van der Waals surface area contributed by atoms with Crippen LogP contribution in [0.4, 0.5) is 0 Å². The second kappa shape index (κ2) is 10.8. The Labute approximate surface area is 204 Å². The van der Waals surface area contributed by atoms with Gasteiger partial charge in [0.2, 0.25) is 5.91 Å². The lowest BCUT2D eigenvalue weighted by Gasteiger charge is -2.38. The standard InChI is InChI=1S/C31H35NO2/c1-4-14-25-21-29(32(30(25)33)22-24(2)3)23-34-31(26-15-8-5-9-16-26,27-17-10-6-11-18-27)28-19-12-7-13-20-28/h4-13,15-20,24-25,29H,1,14,21-23H2,2-3H3/t25-,29+/m1/s1. The van der Waals surface area contributed by atoms with Gasteiger partial charge in [-0.2, -0.15) is 0 Å². The average molecular weight is 454 g/mol. The number of hydrogen-bond donors (Lipinski definition) is 0. The molecule has 0 radical (unpaired) electrons. The fourth-order valence-corrected chi connectivity index (χ4v) is 5.15. The molecule has 2 atom stereocenters. The molecule has 0 unspecified atom stereocenters. The van der Waals surface area contributed by atoms with Gasteiger partial charge in [0.25, 0.3) is 0 Å². The van der Waals surface area contributed by atoms with Crippen LogP contribution in [0.1, 0.15) is 43.4 Å². The maximum Gasteiger partial charge on any atom is 0.226 e. The molecule has 0 bridgehead atoms. The van der Waals surface area contributed by atoms with Crippen molar-refractivity contribution in [1.29, 1.82) is 0 Å². The SMILES string of the molecule is C=CC[C@@H]1C[C@@H](COC(c2ccccc2)(c2ccccc2)c2ccccc2)N(CC(C)C)C1=O. The number of hydrogen-bond acceptors (Lipinski definition) is 2. The first kappa shape index (κ1) is 24.0. The molecule has 1 aliphatic rings. The van der Waals surface area contributed by atoms with Crippen molar-refractivity contribution >= 4 is 5.91 Å². The van der Waals surface area contributed by atoms with Crippen molar-refractivity contribution in [3.8, 4) is 0 Å².